The van der Waals surface area contributed by atoms with Gasteiger partial charge in [-0.2, -0.15) is 0 Å². The van der Waals surface area contributed by atoms with Crippen LogP contribution in [0, 0.1) is 0 Å². The van der Waals surface area contributed by atoms with E-state index in [9.17, 15) is 9.59 Å². The second-order valence-corrected chi connectivity index (χ2v) is 4.62. The molecule has 0 heterocycles. The van der Waals surface area contributed by atoms with Crippen molar-refractivity contribution in [3.8, 4) is 0 Å². The molecule has 0 atom stereocenters. The third-order valence-electron chi connectivity index (χ3n) is 2.49. The number of halogens is 2. The summed E-state index contributed by atoms with van der Waals surface area (Å²) in [5, 5.41) is 5.46. The van der Waals surface area contributed by atoms with E-state index < -0.39 is 0 Å². The zero-order valence-corrected chi connectivity index (χ0v) is 12.2. The van der Waals surface area contributed by atoms with Crippen LogP contribution < -0.4 is 10.6 Å². The maximum Gasteiger partial charge on any atom is 0.234 e. The average molecular weight is 297 g/mol. The van der Waals surface area contributed by atoms with Gasteiger partial charge in [0.2, 0.25) is 11.8 Å². The molecule has 0 spiro atoms. The van der Waals surface area contributed by atoms with Crippen LogP contribution in [0.25, 0.3) is 0 Å². The van der Waals surface area contributed by atoms with Crippen LogP contribution in [0.5, 0.6) is 0 Å². The molecule has 0 saturated heterocycles. The maximum absolute atomic E-state index is 10.8. The molecule has 0 rings (SSSR count). The molecule has 0 fully saturated rings. The zero-order valence-electron chi connectivity index (χ0n) is 10.6. The molecule has 106 valence electrons. The molecule has 0 aromatic heterocycles. The van der Waals surface area contributed by atoms with Crippen LogP contribution in [0.3, 0.4) is 0 Å². The number of hydrogen-bond acceptors (Lipinski definition) is 2. The quantitative estimate of drug-likeness (QED) is 0.453. The minimum absolute atomic E-state index is 0.0357. The highest BCUT2D eigenvalue weighted by Crippen LogP contribution is 2.04. The summed E-state index contributed by atoms with van der Waals surface area (Å²) in [7, 11) is 0. The van der Waals surface area contributed by atoms with Crippen molar-refractivity contribution >= 4 is 35.0 Å². The largest absolute Gasteiger partial charge is 0.355 e. The highest BCUT2D eigenvalue weighted by atomic mass is 35.5. The van der Waals surface area contributed by atoms with E-state index >= 15 is 0 Å². The summed E-state index contributed by atoms with van der Waals surface area (Å²) in [6, 6.07) is 0. The van der Waals surface area contributed by atoms with Gasteiger partial charge >= 0.3 is 0 Å². The predicted molar refractivity (Wildman–Crippen MR) is 75.2 cm³/mol. The fourth-order valence-corrected chi connectivity index (χ4v) is 1.70. The molecule has 2 amide bonds. The van der Waals surface area contributed by atoms with Gasteiger partial charge in [0.25, 0.3) is 0 Å². The first kappa shape index (κ1) is 17.5. The molecule has 18 heavy (non-hydrogen) atoms. The number of rotatable bonds is 11. The van der Waals surface area contributed by atoms with E-state index in [0.717, 1.165) is 38.5 Å². The lowest BCUT2D eigenvalue weighted by Crippen LogP contribution is -2.25. The lowest BCUT2D eigenvalue weighted by molar-refractivity contribution is -0.119. The van der Waals surface area contributed by atoms with Gasteiger partial charge in [0.05, 0.1) is 0 Å². The molecule has 4 nitrogen and oxygen atoms in total. The molecule has 0 unspecified atom stereocenters. The van der Waals surface area contributed by atoms with Crippen LogP contribution in [0.2, 0.25) is 0 Å². The van der Waals surface area contributed by atoms with E-state index in [1.165, 1.54) is 0 Å². The van der Waals surface area contributed by atoms with Crippen molar-refractivity contribution in [3.05, 3.63) is 0 Å². The second kappa shape index (κ2) is 13.0. The predicted octanol–water partition coefficient (Wildman–Crippen LogP) is 2.04. The Morgan fingerprint density at radius 2 is 1.00 bits per heavy atom. The maximum atomic E-state index is 10.8. The number of unbranched alkanes of at least 4 members (excludes halogenated alkanes) is 5. The molecule has 0 aliphatic heterocycles. The SMILES string of the molecule is O=C(CCl)NCCCCCCCCNC(=O)CCl. The third kappa shape index (κ3) is 12.0. The van der Waals surface area contributed by atoms with Crippen molar-refractivity contribution in [2.45, 2.75) is 38.5 Å². The van der Waals surface area contributed by atoms with Gasteiger partial charge in [-0.25, -0.2) is 0 Å². The highest BCUT2D eigenvalue weighted by Gasteiger charge is 1.98. The summed E-state index contributed by atoms with van der Waals surface area (Å²) in [6.45, 7) is 1.41. The number of carbonyl (C=O) groups excluding carboxylic acids is 2. The Morgan fingerprint density at radius 1 is 0.667 bits per heavy atom. The van der Waals surface area contributed by atoms with Crippen molar-refractivity contribution in [3.63, 3.8) is 0 Å². The Labute approximate surface area is 119 Å². The minimum atomic E-state index is -0.105. The van der Waals surface area contributed by atoms with E-state index in [4.69, 9.17) is 23.2 Å². The van der Waals surface area contributed by atoms with Crippen LogP contribution in [0.15, 0.2) is 0 Å². The van der Waals surface area contributed by atoms with Crippen LogP contribution in [0.4, 0.5) is 0 Å². The van der Waals surface area contributed by atoms with Crippen LogP contribution in [-0.2, 0) is 9.59 Å². The molecular formula is C12H22Cl2N2O2. The second-order valence-electron chi connectivity index (χ2n) is 4.09. The van der Waals surface area contributed by atoms with Gasteiger partial charge in [0.1, 0.15) is 11.8 Å². The van der Waals surface area contributed by atoms with Gasteiger partial charge in [0, 0.05) is 13.1 Å². The smallest absolute Gasteiger partial charge is 0.234 e. The number of nitrogens with one attached hydrogen (secondary N) is 2. The summed E-state index contributed by atoms with van der Waals surface area (Å²) >= 11 is 10.7. The number of hydrogen-bond donors (Lipinski definition) is 2. The van der Waals surface area contributed by atoms with Crippen molar-refractivity contribution in [1.82, 2.24) is 10.6 Å². The van der Waals surface area contributed by atoms with Crippen LogP contribution in [0.1, 0.15) is 38.5 Å². The van der Waals surface area contributed by atoms with Crippen LogP contribution >= 0.6 is 23.2 Å². The first-order valence-electron chi connectivity index (χ1n) is 6.36. The normalized spacial score (nSPS) is 10.1. The van der Waals surface area contributed by atoms with Gasteiger partial charge in [-0.05, 0) is 12.8 Å². The molecule has 0 aliphatic rings. The van der Waals surface area contributed by atoms with E-state index in [1.807, 2.05) is 0 Å². The van der Waals surface area contributed by atoms with Crippen molar-refractivity contribution in [1.29, 1.82) is 0 Å². The Kier molecular flexibility index (Phi) is 12.6. The number of alkyl halides is 2. The summed E-state index contributed by atoms with van der Waals surface area (Å²) < 4.78 is 0. The fourth-order valence-electron chi connectivity index (χ4n) is 1.51. The van der Waals surface area contributed by atoms with E-state index in [-0.39, 0.29) is 23.6 Å². The first-order valence-corrected chi connectivity index (χ1v) is 7.43. The summed E-state index contributed by atoms with van der Waals surface area (Å²) in [6.07, 6.45) is 6.50. The Hall–Kier alpha value is -0.480. The van der Waals surface area contributed by atoms with Gasteiger partial charge in [-0.3, -0.25) is 9.59 Å². The van der Waals surface area contributed by atoms with Gasteiger partial charge in [-0.15, -0.1) is 23.2 Å². The highest BCUT2D eigenvalue weighted by molar-refractivity contribution is 6.27. The number of amides is 2. The zero-order chi connectivity index (χ0) is 13.6. The van der Waals surface area contributed by atoms with Crippen molar-refractivity contribution in [2.24, 2.45) is 0 Å². The lowest BCUT2D eigenvalue weighted by atomic mass is 10.1. The molecular weight excluding hydrogens is 275 g/mol. The van der Waals surface area contributed by atoms with Gasteiger partial charge in [-0.1, -0.05) is 25.7 Å². The molecule has 2 N–H and O–H groups in total. The molecule has 0 radical (unpaired) electrons. The molecule has 0 aliphatic carbocycles. The minimum Gasteiger partial charge on any atom is -0.355 e. The topological polar surface area (TPSA) is 58.2 Å². The van der Waals surface area contributed by atoms with E-state index in [2.05, 4.69) is 10.6 Å². The monoisotopic (exact) mass is 296 g/mol. The van der Waals surface area contributed by atoms with Crippen molar-refractivity contribution < 1.29 is 9.59 Å². The molecule has 0 aromatic carbocycles. The molecule has 6 heteroatoms. The van der Waals surface area contributed by atoms with Gasteiger partial charge in [0.15, 0.2) is 0 Å². The molecule has 0 bridgehead atoms. The standard InChI is InChI=1S/C12H22Cl2N2O2/c13-9-11(17)15-7-5-3-1-2-4-6-8-16-12(18)10-14/h1-10H2,(H,15,17)(H,16,18). The molecule has 0 saturated carbocycles. The van der Waals surface area contributed by atoms with E-state index in [0.29, 0.717) is 13.1 Å². The Morgan fingerprint density at radius 3 is 1.33 bits per heavy atom. The average Bonchev–Trinajstić information content (AvgIpc) is 2.40. The summed E-state index contributed by atoms with van der Waals surface area (Å²) in [5.74, 6) is -0.138. The molecule has 0 aromatic rings. The Balaban J connectivity index is 3.07. The van der Waals surface area contributed by atoms with Gasteiger partial charge < -0.3 is 10.6 Å². The van der Waals surface area contributed by atoms with E-state index in [1.54, 1.807) is 0 Å². The lowest BCUT2D eigenvalue weighted by Gasteiger charge is -2.04. The summed E-state index contributed by atoms with van der Waals surface area (Å²) in [5.41, 5.74) is 0. The van der Waals surface area contributed by atoms with Crippen molar-refractivity contribution in [2.75, 3.05) is 24.8 Å². The number of carbonyl (C=O) groups is 2. The summed E-state index contributed by atoms with van der Waals surface area (Å²) in [4.78, 5) is 21.6. The third-order valence-corrected chi connectivity index (χ3v) is 2.98. The van der Waals surface area contributed by atoms with Crippen LogP contribution in [-0.4, -0.2) is 36.7 Å². The fraction of sp³-hybridized carbons (Fsp3) is 0.833. The first-order chi connectivity index (χ1) is 8.70. The Bertz CT molecular complexity index is 214.